The first-order valence-electron chi connectivity index (χ1n) is 5.33. The minimum Gasteiger partial charge on any atom is -0.358 e. The molecule has 0 unspecified atom stereocenters. The van der Waals surface area contributed by atoms with Crippen LogP contribution in [0.2, 0.25) is 0 Å². The molecule has 1 rings (SSSR count). The SMILES string of the molecule is CN(CCN)c1cc(C(C)(C)C)ccn1. The van der Waals surface area contributed by atoms with Gasteiger partial charge in [0.2, 0.25) is 0 Å². The van der Waals surface area contributed by atoms with Gasteiger partial charge in [-0.2, -0.15) is 0 Å². The largest absolute Gasteiger partial charge is 0.358 e. The Balaban J connectivity index is 2.92. The Labute approximate surface area is 92.3 Å². The summed E-state index contributed by atoms with van der Waals surface area (Å²) in [6.07, 6.45) is 1.86. The van der Waals surface area contributed by atoms with E-state index in [-0.39, 0.29) is 5.41 Å². The quantitative estimate of drug-likeness (QED) is 0.821. The van der Waals surface area contributed by atoms with Crippen LogP contribution >= 0.6 is 0 Å². The second kappa shape index (κ2) is 4.62. The Hall–Kier alpha value is -1.09. The second-order valence-corrected chi connectivity index (χ2v) is 4.86. The highest BCUT2D eigenvalue weighted by molar-refractivity contribution is 5.42. The monoisotopic (exact) mass is 207 g/mol. The number of nitrogens with zero attached hydrogens (tertiary/aromatic N) is 2. The van der Waals surface area contributed by atoms with Gasteiger partial charge in [-0.25, -0.2) is 4.98 Å². The van der Waals surface area contributed by atoms with Crippen LogP contribution in [0.3, 0.4) is 0 Å². The highest BCUT2D eigenvalue weighted by Crippen LogP contribution is 2.24. The topological polar surface area (TPSA) is 42.1 Å². The van der Waals surface area contributed by atoms with E-state index >= 15 is 0 Å². The summed E-state index contributed by atoms with van der Waals surface area (Å²) in [4.78, 5) is 6.42. The van der Waals surface area contributed by atoms with Gasteiger partial charge in [-0.1, -0.05) is 20.8 Å². The summed E-state index contributed by atoms with van der Waals surface area (Å²) >= 11 is 0. The Morgan fingerprint density at radius 2 is 2.07 bits per heavy atom. The summed E-state index contributed by atoms with van der Waals surface area (Å²) < 4.78 is 0. The lowest BCUT2D eigenvalue weighted by Crippen LogP contribution is -2.26. The zero-order chi connectivity index (χ0) is 11.5. The number of likely N-dealkylation sites (N-methyl/N-ethyl adjacent to an activating group) is 1. The van der Waals surface area contributed by atoms with Crippen molar-refractivity contribution in [1.82, 2.24) is 4.98 Å². The first-order valence-corrected chi connectivity index (χ1v) is 5.33. The molecule has 15 heavy (non-hydrogen) atoms. The molecule has 0 aliphatic carbocycles. The normalized spacial score (nSPS) is 11.5. The van der Waals surface area contributed by atoms with Crippen molar-refractivity contribution in [2.24, 2.45) is 5.73 Å². The van der Waals surface area contributed by atoms with Crippen molar-refractivity contribution >= 4 is 5.82 Å². The number of hydrogen-bond donors (Lipinski definition) is 1. The molecule has 0 atom stereocenters. The zero-order valence-electron chi connectivity index (χ0n) is 10.1. The van der Waals surface area contributed by atoms with E-state index in [9.17, 15) is 0 Å². The molecule has 0 spiro atoms. The van der Waals surface area contributed by atoms with Crippen molar-refractivity contribution in [3.8, 4) is 0 Å². The van der Waals surface area contributed by atoms with Gasteiger partial charge in [-0.15, -0.1) is 0 Å². The fraction of sp³-hybridized carbons (Fsp3) is 0.583. The lowest BCUT2D eigenvalue weighted by molar-refractivity contribution is 0.589. The Morgan fingerprint density at radius 3 is 2.60 bits per heavy atom. The van der Waals surface area contributed by atoms with Crippen molar-refractivity contribution in [3.63, 3.8) is 0 Å². The summed E-state index contributed by atoms with van der Waals surface area (Å²) in [6, 6.07) is 4.20. The first-order chi connectivity index (χ1) is 6.95. The first kappa shape index (κ1) is 12.0. The Morgan fingerprint density at radius 1 is 1.40 bits per heavy atom. The lowest BCUT2D eigenvalue weighted by Gasteiger charge is -2.22. The van der Waals surface area contributed by atoms with Crippen LogP contribution in [0.4, 0.5) is 5.82 Å². The average molecular weight is 207 g/mol. The van der Waals surface area contributed by atoms with E-state index in [1.165, 1.54) is 5.56 Å². The summed E-state index contributed by atoms with van der Waals surface area (Å²) in [5.74, 6) is 0.993. The third kappa shape index (κ3) is 3.20. The van der Waals surface area contributed by atoms with Gasteiger partial charge < -0.3 is 10.6 Å². The van der Waals surface area contributed by atoms with E-state index in [1.54, 1.807) is 0 Å². The van der Waals surface area contributed by atoms with Crippen LogP contribution in [0.5, 0.6) is 0 Å². The summed E-state index contributed by atoms with van der Waals surface area (Å²) in [7, 11) is 2.02. The van der Waals surface area contributed by atoms with E-state index in [0.717, 1.165) is 12.4 Å². The molecule has 1 aromatic rings. The predicted octanol–water partition coefficient (Wildman–Crippen LogP) is 1.77. The van der Waals surface area contributed by atoms with Gasteiger partial charge in [-0.05, 0) is 23.1 Å². The highest BCUT2D eigenvalue weighted by atomic mass is 15.2. The highest BCUT2D eigenvalue weighted by Gasteiger charge is 2.14. The van der Waals surface area contributed by atoms with Gasteiger partial charge in [0.05, 0.1) is 0 Å². The van der Waals surface area contributed by atoms with Gasteiger partial charge in [0.25, 0.3) is 0 Å². The van der Waals surface area contributed by atoms with Gasteiger partial charge >= 0.3 is 0 Å². The summed E-state index contributed by atoms with van der Waals surface area (Å²) in [6.45, 7) is 8.09. The smallest absolute Gasteiger partial charge is 0.128 e. The molecule has 0 saturated heterocycles. The maximum Gasteiger partial charge on any atom is 0.128 e. The molecule has 0 fully saturated rings. The number of nitrogens with two attached hydrogens (primary N) is 1. The maximum atomic E-state index is 5.52. The van der Waals surface area contributed by atoms with Crippen LogP contribution in [0, 0.1) is 0 Å². The molecule has 0 saturated carbocycles. The predicted molar refractivity (Wildman–Crippen MR) is 65.3 cm³/mol. The molecule has 0 aliphatic heterocycles. The molecular weight excluding hydrogens is 186 g/mol. The van der Waals surface area contributed by atoms with Crippen LogP contribution in [0.25, 0.3) is 0 Å². The van der Waals surface area contributed by atoms with Crippen molar-refractivity contribution in [3.05, 3.63) is 23.9 Å². The van der Waals surface area contributed by atoms with Gasteiger partial charge in [0.1, 0.15) is 5.82 Å². The molecular formula is C12H21N3. The molecule has 84 valence electrons. The third-order valence-electron chi connectivity index (χ3n) is 2.47. The Bertz CT molecular complexity index is 315. The number of anilines is 1. The zero-order valence-corrected chi connectivity index (χ0v) is 10.1. The maximum absolute atomic E-state index is 5.52. The summed E-state index contributed by atoms with van der Waals surface area (Å²) in [5, 5.41) is 0. The van der Waals surface area contributed by atoms with Gasteiger partial charge in [0.15, 0.2) is 0 Å². The van der Waals surface area contributed by atoms with Gasteiger partial charge in [0, 0.05) is 26.3 Å². The molecule has 1 aromatic heterocycles. The van der Waals surface area contributed by atoms with Crippen LogP contribution in [0.15, 0.2) is 18.3 Å². The third-order valence-corrected chi connectivity index (χ3v) is 2.47. The van der Waals surface area contributed by atoms with Crippen LogP contribution < -0.4 is 10.6 Å². The molecule has 0 amide bonds. The second-order valence-electron chi connectivity index (χ2n) is 4.86. The van der Waals surface area contributed by atoms with Crippen molar-refractivity contribution in [2.45, 2.75) is 26.2 Å². The fourth-order valence-corrected chi connectivity index (χ4v) is 1.40. The summed E-state index contributed by atoms with van der Waals surface area (Å²) in [5.41, 5.74) is 6.99. The molecule has 1 heterocycles. The number of pyridine rings is 1. The minimum absolute atomic E-state index is 0.168. The fourth-order valence-electron chi connectivity index (χ4n) is 1.40. The molecule has 0 aromatic carbocycles. The van der Waals surface area contributed by atoms with E-state index < -0.39 is 0 Å². The van der Waals surface area contributed by atoms with Crippen molar-refractivity contribution in [2.75, 3.05) is 25.0 Å². The molecule has 3 heteroatoms. The van der Waals surface area contributed by atoms with Crippen molar-refractivity contribution < 1.29 is 0 Å². The van der Waals surface area contributed by atoms with Crippen LogP contribution in [0.1, 0.15) is 26.3 Å². The van der Waals surface area contributed by atoms with E-state index in [0.29, 0.717) is 6.54 Å². The van der Waals surface area contributed by atoms with Crippen LogP contribution in [-0.2, 0) is 5.41 Å². The van der Waals surface area contributed by atoms with E-state index in [2.05, 4.69) is 42.8 Å². The molecule has 2 N–H and O–H groups in total. The van der Waals surface area contributed by atoms with Crippen LogP contribution in [-0.4, -0.2) is 25.1 Å². The molecule has 3 nitrogen and oxygen atoms in total. The van der Waals surface area contributed by atoms with E-state index in [1.807, 2.05) is 13.2 Å². The molecule has 0 bridgehead atoms. The van der Waals surface area contributed by atoms with Gasteiger partial charge in [-0.3, -0.25) is 0 Å². The lowest BCUT2D eigenvalue weighted by atomic mass is 9.88. The number of aromatic nitrogens is 1. The standard InChI is InChI=1S/C12H21N3/c1-12(2,3)10-5-7-14-11(9-10)15(4)8-6-13/h5,7,9H,6,8,13H2,1-4H3. The number of rotatable bonds is 3. The molecule has 0 radical (unpaired) electrons. The minimum atomic E-state index is 0.168. The van der Waals surface area contributed by atoms with E-state index in [4.69, 9.17) is 5.73 Å². The average Bonchev–Trinajstić information content (AvgIpc) is 2.17. The van der Waals surface area contributed by atoms with Crippen molar-refractivity contribution in [1.29, 1.82) is 0 Å². The Kier molecular flexibility index (Phi) is 3.69. The number of hydrogen-bond acceptors (Lipinski definition) is 3. The molecule has 0 aliphatic rings.